The van der Waals surface area contributed by atoms with Crippen LogP contribution < -0.4 is 5.73 Å². The fourth-order valence-electron chi connectivity index (χ4n) is 2.18. The second-order valence-corrected chi connectivity index (χ2v) is 5.45. The van der Waals surface area contributed by atoms with E-state index in [9.17, 15) is 9.59 Å². The highest BCUT2D eigenvalue weighted by atomic mass is 32.2. The van der Waals surface area contributed by atoms with Crippen molar-refractivity contribution in [3.63, 3.8) is 0 Å². The Labute approximate surface area is 116 Å². The molecule has 0 aliphatic carbocycles. The van der Waals surface area contributed by atoms with Crippen molar-refractivity contribution in [1.82, 2.24) is 9.88 Å². The highest BCUT2D eigenvalue weighted by Gasteiger charge is 2.30. The van der Waals surface area contributed by atoms with Crippen LogP contribution >= 0.6 is 11.8 Å². The molecule has 0 bridgehead atoms. The minimum atomic E-state index is -0.439. The summed E-state index contributed by atoms with van der Waals surface area (Å²) in [7, 11) is 0. The molecule has 2 amide bonds. The van der Waals surface area contributed by atoms with Crippen molar-refractivity contribution in [3.05, 3.63) is 24.4 Å². The van der Waals surface area contributed by atoms with E-state index in [-0.39, 0.29) is 5.91 Å². The van der Waals surface area contributed by atoms with Crippen LogP contribution in [0.15, 0.2) is 29.4 Å². The van der Waals surface area contributed by atoms with Crippen LogP contribution in [0, 0.1) is 0 Å². The lowest BCUT2D eigenvalue weighted by Gasteiger charge is -2.33. The van der Waals surface area contributed by atoms with Gasteiger partial charge in [-0.1, -0.05) is 17.8 Å². The van der Waals surface area contributed by atoms with Gasteiger partial charge < -0.3 is 10.6 Å². The number of likely N-dealkylation sites (tertiary alicyclic amines) is 1. The fraction of sp³-hybridized carbons (Fsp3) is 0.462. The molecule has 2 N–H and O–H groups in total. The van der Waals surface area contributed by atoms with Gasteiger partial charge in [-0.3, -0.25) is 9.59 Å². The number of thioether (sulfide) groups is 1. The highest BCUT2D eigenvalue weighted by molar-refractivity contribution is 7.99. The van der Waals surface area contributed by atoms with Gasteiger partial charge in [0.25, 0.3) is 0 Å². The van der Waals surface area contributed by atoms with E-state index in [0.717, 1.165) is 17.9 Å². The second-order valence-electron chi connectivity index (χ2n) is 4.46. The van der Waals surface area contributed by atoms with Gasteiger partial charge in [-0.2, -0.15) is 0 Å². The Kier molecular flexibility index (Phi) is 4.79. The molecule has 1 aromatic heterocycles. The molecule has 0 radical (unpaired) electrons. The van der Waals surface area contributed by atoms with E-state index >= 15 is 0 Å². The van der Waals surface area contributed by atoms with Crippen molar-refractivity contribution in [2.45, 2.75) is 30.3 Å². The Hall–Kier alpha value is -1.56. The van der Waals surface area contributed by atoms with Gasteiger partial charge in [0.15, 0.2) is 0 Å². The minimum absolute atomic E-state index is 0.0425. The van der Waals surface area contributed by atoms with E-state index < -0.39 is 11.9 Å². The molecule has 1 fully saturated rings. The van der Waals surface area contributed by atoms with Gasteiger partial charge >= 0.3 is 0 Å². The normalized spacial score (nSPS) is 19.2. The predicted molar refractivity (Wildman–Crippen MR) is 73.5 cm³/mol. The fourth-order valence-corrected chi connectivity index (χ4v) is 2.92. The van der Waals surface area contributed by atoms with Crippen LogP contribution in [-0.2, 0) is 9.59 Å². The lowest BCUT2D eigenvalue weighted by molar-refractivity contribution is -0.138. The van der Waals surface area contributed by atoms with E-state index in [4.69, 9.17) is 5.73 Å². The first-order valence-corrected chi connectivity index (χ1v) is 7.29. The molecule has 19 heavy (non-hydrogen) atoms. The summed E-state index contributed by atoms with van der Waals surface area (Å²) in [4.78, 5) is 29.3. The molecule has 1 unspecified atom stereocenters. The topological polar surface area (TPSA) is 76.3 Å². The number of carbonyl (C=O) groups excluding carboxylic acids is 2. The van der Waals surface area contributed by atoms with Gasteiger partial charge in [0.05, 0.1) is 10.8 Å². The second kappa shape index (κ2) is 6.56. The van der Waals surface area contributed by atoms with Crippen LogP contribution in [0.3, 0.4) is 0 Å². The Morgan fingerprint density at radius 2 is 2.26 bits per heavy atom. The molecule has 1 saturated heterocycles. The first kappa shape index (κ1) is 13.9. The molecule has 1 aromatic rings. The van der Waals surface area contributed by atoms with Gasteiger partial charge in [0, 0.05) is 12.7 Å². The molecule has 2 heterocycles. The monoisotopic (exact) mass is 279 g/mol. The van der Waals surface area contributed by atoms with Crippen LogP contribution in [-0.4, -0.2) is 40.0 Å². The minimum Gasteiger partial charge on any atom is -0.368 e. The van der Waals surface area contributed by atoms with E-state index in [1.807, 2.05) is 18.2 Å². The SMILES string of the molecule is NC(=O)C1CCCCN1C(=O)CSc1ccccn1. The van der Waals surface area contributed by atoms with Crippen molar-refractivity contribution < 1.29 is 9.59 Å². The van der Waals surface area contributed by atoms with Crippen molar-refractivity contribution in [3.8, 4) is 0 Å². The Balaban J connectivity index is 1.93. The van der Waals surface area contributed by atoms with Gasteiger partial charge in [0.1, 0.15) is 6.04 Å². The van der Waals surface area contributed by atoms with Crippen LogP contribution in [0.25, 0.3) is 0 Å². The number of amides is 2. The summed E-state index contributed by atoms with van der Waals surface area (Å²) in [5, 5.41) is 0.809. The molecule has 102 valence electrons. The first-order chi connectivity index (χ1) is 9.18. The highest BCUT2D eigenvalue weighted by Crippen LogP contribution is 2.20. The zero-order chi connectivity index (χ0) is 13.7. The summed E-state index contributed by atoms with van der Waals surface area (Å²) in [5.74, 6) is -0.157. The molecule has 5 nitrogen and oxygen atoms in total. The third-order valence-corrected chi connectivity index (χ3v) is 4.06. The lowest BCUT2D eigenvalue weighted by Crippen LogP contribution is -2.51. The summed E-state index contributed by atoms with van der Waals surface area (Å²) in [6.45, 7) is 0.620. The molecule has 0 saturated carbocycles. The largest absolute Gasteiger partial charge is 0.368 e. The van der Waals surface area contributed by atoms with Crippen molar-refractivity contribution >= 4 is 23.6 Å². The first-order valence-electron chi connectivity index (χ1n) is 6.31. The number of hydrogen-bond acceptors (Lipinski definition) is 4. The van der Waals surface area contributed by atoms with Crippen LogP contribution in [0.5, 0.6) is 0 Å². The number of primary amides is 1. The van der Waals surface area contributed by atoms with Gasteiger partial charge in [0.2, 0.25) is 11.8 Å². The lowest BCUT2D eigenvalue weighted by atomic mass is 10.0. The number of hydrogen-bond donors (Lipinski definition) is 1. The Morgan fingerprint density at radius 3 is 2.95 bits per heavy atom. The van der Waals surface area contributed by atoms with Crippen LogP contribution in [0.2, 0.25) is 0 Å². The van der Waals surface area contributed by atoms with Gasteiger partial charge in [-0.15, -0.1) is 0 Å². The Morgan fingerprint density at radius 1 is 1.42 bits per heavy atom. The molecule has 0 aromatic carbocycles. The van der Waals surface area contributed by atoms with E-state index in [1.54, 1.807) is 11.1 Å². The molecule has 1 atom stereocenters. The van der Waals surface area contributed by atoms with E-state index in [2.05, 4.69) is 4.98 Å². The van der Waals surface area contributed by atoms with Crippen LogP contribution in [0.1, 0.15) is 19.3 Å². The van der Waals surface area contributed by atoms with Crippen molar-refractivity contribution in [2.24, 2.45) is 5.73 Å². The number of rotatable bonds is 4. The smallest absolute Gasteiger partial charge is 0.240 e. The summed E-state index contributed by atoms with van der Waals surface area (Å²) >= 11 is 1.38. The van der Waals surface area contributed by atoms with Crippen molar-refractivity contribution in [2.75, 3.05) is 12.3 Å². The van der Waals surface area contributed by atoms with Crippen LogP contribution in [0.4, 0.5) is 0 Å². The molecular formula is C13H17N3O2S. The Bertz CT molecular complexity index is 452. The zero-order valence-corrected chi connectivity index (χ0v) is 11.4. The number of nitrogens with two attached hydrogens (primary N) is 1. The summed E-state index contributed by atoms with van der Waals surface area (Å²) in [6.07, 6.45) is 4.25. The summed E-state index contributed by atoms with van der Waals surface area (Å²) in [5.41, 5.74) is 5.35. The number of aromatic nitrogens is 1. The maximum Gasteiger partial charge on any atom is 0.240 e. The van der Waals surface area contributed by atoms with Gasteiger partial charge in [-0.05, 0) is 31.4 Å². The molecule has 0 spiro atoms. The summed E-state index contributed by atoms with van der Waals surface area (Å²) < 4.78 is 0. The van der Waals surface area contributed by atoms with Gasteiger partial charge in [-0.25, -0.2) is 4.98 Å². The maximum absolute atomic E-state index is 12.2. The van der Waals surface area contributed by atoms with E-state index in [1.165, 1.54) is 11.8 Å². The average Bonchev–Trinajstić information content (AvgIpc) is 2.46. The number of piperidine rings is 1. The maximum atomic E-state index is 12.2. The molecular weight excluding hydrogens is 262 g/mol. The molecule has 1 aliphatic rings. The molecule has 2 rings (SSSR count). The quantitative estimate of drug-likeness (QED) is 0.836. The zero-order valence-electron chi connectivity index (χ0n) is 10.6. The predicted octanol–water partition coefficient (Wildman–Crippen LogP) is 1.04. The number of nitrogens with zero attached hydrogens (tertiary/aromatic N) is 2. The molecule has 6 heteroatoms. The standard InChI is InChI=1S/C13H17N3O2S/c14-13(18)10-5-2-4-8-16(10)12(17)9-19-11-6-1-3-7-15-11/h1,3,6-7,10H,2,4-5,8-9H2,(H2,14,18). The third kappa shape index (κ3) is 3.70. The number of carbonyl (C=O) groups is 2. The molecule has 1 aliphatic heterocycles. The third-order valence-electron chi connectivity index (χ3n) is 3.13. The van der Waals surface area contributed by atoms with E-state index in [0.29, 0.717) is 18.7 Å². The number of pyridine rings is 1. The summed E-state index contributed by atoms with van der Waals surface area (Å²) in [6, 6.07) is 5.14. The average molecular weight is 279 g/mol. The van der Waals surface area contributed by atoms with Crippen molar-refractivity contribution in [1.29, 1.82) is 0 Å².